The van der Waals surface area contributed by atoms with Crippen molar-refractivity contribution in [2.45, 2.75) is 19.8 Å². The Labute approximate surface area is 82.7 Å². The lowest BCUT2D eigenvalue weighted by molar-refractivity contribution is 0.869. The summed E-state index contributed by atoms with van der Waals surface area (Å²) in [6.07, 6.45) is 0. The highest BCUT2D eigenvalue weighted by Gasteiger charge is 2.09. The molecule has 4 heteroatoms. The third-order valence-corrected chi connectivity index (χ3v) is 2.36. The number of H-pyrrole nitrogens is 1. The largest absolute Gasteiger partial charge is 0.388 e. The Kier molecular flexibility index (Phi) is 2.11. The number of hydrogen-bond acceptors (Lipinski definition) is 3. The van der Waals surface area contributed by atoms with Gasteiger partial charge in [-0.25, -0.2) is 0 Å². The maximum absolute atomic E-state index is 4.15. The summed E-state index contributed by atoms with van der Waals surface area (Å²) < 4.78 is 0. The summed E-state index contributed by atoms with van der Waals surface area (Å²) >= 11 is 0. The van der Waals surface area contributed by atoms with Gasteiger partial charge in [-0.2, -0.15) is 15.4 Å². The Bertz CT molecular complexity index is 444. The van der Waals surface area contributed by atoms with Crippen molar-refractivity contribution in [3.8, 4) is 0 Å². The molecular formula is C10H14N4. The van der Waals surface area contributed by atoms with Crippen LogP contribution < -0.4 is 5.32 Å². The molecule has 1 heterocycles. The van der Waals surface area contributed by atoms with Gasteiger partial charge in [0.2, 0.25) is 0 Å². The van der Waals surface area contributed by atoms with Gasteiger partial charge in [0, 0.05) is 12.7 Å². The number of aromatic amines is 1. The zero-order valence-electron chi connectivity index (χ0n) is 8.63. The van der Waals surface area contributed by atoms with Crippen LogP contribution in [-0.4, -0.2) is 22.5 Å². The second kappa shape index (κ2) is 3.29. The molecule has 2 rings (SSSR count). The molecule has 0 radical (unpaired) electrons. The fourth-order valence-corrected chi connectivity index (χ4v) is 1.56. The Hall–Kier alpha value is -1.58. The maximum Gasteiger partial charge on any atom is 0.116 e. The summed E-state index contributed by atoms with van der Waals surface area (Å²) in [7, 11) is 1.91. The van der Waals surface area contributed by atoms with Gasteiger partial charge in [-0.05, 0) is 23.6 Å². The minimum Gasteiger partial charge on any atom is -0.388 e. The SMILES string of the molecule is CNc1cc(C(C)C)c2n[nH]nc2c1. The van der Waals surface area contributed by atoms with Crippen LogP contribution in [-0.2, 0) is 0 Å². The van der Waals surface area contributed by atoms with Crippen molar-refractivity contribution in [3.63, 3.8) is 0 Å². The number of hydrogen-bond donors (Lipinski definition) is 2. The first-order valence-electron chi connectivity index (χ1n) is 4.74. The molecule has 0 atom stereocenters. The number of nitrogens with one attached hydrogen (secondary N) is 2. The summed E-state index contributed by atoms with van der Waals surface area (Å²) in [4.78, 5) is 0. The van der Waals surface area contributed by atoms with Crippen molar-refractivity contribution in [2.24, 2.45) is 0 Å². The lowest BCUT2D eigenvalue weighted by Gasteiger charge is -2.08. The zero-order chi connectivity index (χ0) is 10.1. The summed E-state index contributed by atoms with van der Waals surface area (Å²) in [6.45, 7) is 4.31. The lowest BCUT2D eigenvalue weighted by Crippen LogP contribution is -1.94. The number of benzene rings is 1. The van der Waals surface area contributed by atoms with Crippen molar-refractivity contribution in [2.75, 3.05) is 12.4 Å². The van der Waals surface area contributed by atoms with Crippen molar-refractivity contribution < 1.29 is 0 Å². The van der Waals surface area contributed by atoms with Crippen molar-refractivity contribution >= 4 is 16.7 Å². The highest BCUT2D eigenvalue weighted by atomic mass is 15.3. The van der Waals surface area contributed by atoms with E-state index in [4.69, 9.17) is 0 Å². The predicted molar refractivity (Wildman–Crippen MR) is 57.5 cm³/mol. The average molecular weight is 190 g/mol. The van der Waals surface area contributed by atoms with Gasteiger partial charge in [-0.15, -0.1) is 0 Å². The van der Waals surface area contributed by atoms with Crippen LogP contribution in [0.2, 0.25) is 0 Å². The van der Waals surface area contributed by atoms with Crippen LogP contribution in [0.25, 0.3) is 11.0 Å². The van der Waals surface area contributed by atoms with Crippen LogP contribution in [0, 0.1) is 0 Å². The van der Waals surface area contributed by atoms with E-state index in [1.807, 2.05) is 13.1 Å². The molecule has 0 bridgehead atoms. The highest BCUT2D eigenvalue weighted by molar-refractivity contribution is 5.82. The molecule has 0 spiro atoms. The van der Waals surface area contributed by atoms with Gasteiger partial charge in [0.05, 0.1) is 0 Å². The molecule has 2 aromatic rings. The fourth-order valence-electron chi connectivity index (χ4n) is 1.56. The quantitative estimate of drug-likeness (QED) is 0.762. The summed E-state index contributed by atoms with van der Waals surface area (Å²) in [6, 6.07) is 4.11. The topological polar surface area (TPSA) is 53.6 Å². The minimum atomic E-state index is 0.455. The van der Waals surface area contributed by atoms with Crippen LogP contribution in [0.3, 0.4) is 0 Å². The zero-order valence-corrected chi connectivity index (χ0v) is 8.63. The third-order valence-electron chi connectivity index (χ3n) is 2.36. The van der Waals surface area contributed by atoms with Gasteiger partial charge in [0.15, 0.2) is 0 Å². The first kappa shape index (κ1) is 8.99. The molecule has 4 nitrogen and oxygen atoms in total. The van der Waals surface area contributed by atoms with Crippen molar-refractivity contribution in [3.05, 3.63) is 17.7 Å². The number of rotatable bonds is 2. The van der Waals surface area contributed by atoms with Crippen molar-refractivity contribution in [1.82, 2.24) is 15.4 Å². The van der Waals surface area contributed by atoms with E-state index in [1.165, 1.54) is 5.56 Å². The van der Waals surface area contributed by atoms with Gasteiger partial charge < -0.3 is 5.32 Å². The number of fused-ring (bicyclic) bond motifs is 1. The molecule has 74 valence electrons. The molecule has 0 saturated carbocycles. The smallest absolute Gasteiger partial charge is 0.116 e. The summed E-state index contributed by atoms with van der Waals surface area (Å²) in [5.41, 5.74) is 4.19. The standard InChI is InChI=1S/C10H14N4/c1-6(2)8-4-7(11-3)5-9-10(8)13-14-12-9/h4-6,11H,1-3H3,(H,12,13,14). The Morgan fingerprint density at radius 2 is 2.07 bits per heavy atom. The van der Waals surface area contributed by atoms with Crippen LogP contribution >= 0.6 is 0 Å². The van der Waals surface area contributed by atoms with Crippen LogP contribution in [0.5, 0.6) is 0 Å². The van der Waals surface area contributed by atoms with Crippen LogP contribution in [0.4, 0.5) is 5.69 Å². The van der Waals surface area contributed by atoms with Gasteiger partial charge in [-0.3, -0.25) is 0 Å². The molecule has 1 aromatic carbocycles. The second-order valence-electron chi connectivity index (χ2n) is 3.66. The molecule has 0 aliphatic carbocycles. The highest BCUT2D eigenvalue weighted by Crippen LogP contribution is 2.26. The molecule has 0 aliphatic rings. The minimum absolute atomic E-state index is 0.455. The number of anilines is 1. The molecule has 0 saturated heterocycles. The predicted octanol–water partition coefficient (Wildman–Crippen LogP) is 2.12. The molecule has 2 N–H and O–H groups in total. The van der Waals surface area contributed by atoms with E-state index in [-0.39, 0.29) is 0 Å². The van der Waals surface area contributed by atoms with Crippen LogP contribution in [0.15, 0.2) is 12.1 Å². The summed E-state index contributed by atoms with van der Waals surface area (Å²) in [5, 5.41) is 14.0. The Balaban J connectivity index is 2.70. The summed E-state index contributed by atoms with van der Waals surface area (Å²) in [5.74, 6) is 0.455. The van der Waals surface area contributed by atoms with Crippen molar-refractivity contribution in [1.29, 1.82) is 0 Å². The number of nitrogens with zero attached hydrogens (tertiary/aromatic N) is 2. The van der Waals surface area contributed by atoms with Gasteiger partial charge in [0.1, 0.15) is 11.0 Å². The van der Waals surface area contributed by atoms with Gasteiger partial charge >= 0.3 is 0 Å². The molecule has 0 amide bonds. The van der Waals surface area contributed by atoms with E-state index in [0.717, 1.165) is 16.7 Å². The monoisotopic (exact) mass is 190 g/mol. The van der Waals surface area contributed by atoms with Gasteiger partial charge in [0.25, 0.3) is 0 Å². The van der Waals surface area contributed by atoms with E-state index in [9.17, 15) is 0 Å². The number of aromatic nitrogens is 3. The van der Waals surface area contributed by atoms with E-state index >= 15 is 0 Å². The van der Waals surface area contributed by atoms with Crippen LogP contribution in [0.1, 0.15) is 25.3 Å². The second-order valence-corrected chi connectivity index (χ2v) is 3.66. The Morgan fingerprint density at radius 1 is 1.29 bits per heavy atom. The Morgan fingerprint density at radius 3 is 2.71 bits per heavy atom. The molecule has 0 fully saturated rings. The average Bonchev–Trinajstić information content (AvgIpc) is 2.63. The fraction of sp³-hybridized carbons (Fsp3) is 0.400. The van der Waals surface area contributed by atoms with E-state index in [1.54, 1.807) is 0 Å². The molecule has 14 heavy (non-hydrogen) atoms. The van der Waals surface area contributed by atoms with Gasteiger partial charge in [-0.1, -0.05) is 13.8 Å². The molecule has 1 aromatic heterocycles. The van der Waals surface area contributed by atoms with E-state index in [0.29, 0.717) is 5.92 Å². The third kappa shape index (κ3) is 1.32. The van der Waals surface area contributed by atoms with E-state index < -0.39 is 0 Å². The first-order chi connectivity index (χ1) is 6.72. The molecular weight excluding hydrogens is 176 g/mol. The maximum atomic E-state index is 4.15. The first-order valence-corrected chi connectivity index (χ1v) is 4.74. The molecule has 0 unspecified atom stereocenters. The van der Waals surface area contributed by atoms with E-state index in [2.05, 4.69) is 40.6 Å². The molecule has 0 aliphatic heterocycles. The normalized spacial score (nSPS) is 11.1. The lowest BCUT2D eigenvalue weighted by atomic mass is 10.0.